The van der Waals surface area contributed by atoms with E-state index in [1.165, 1.54) is 51.7 Å². The van der Waals surface area contributed by atoms with E-state index in [0.29, 0.717) is 5.56 Å². The number of hydrogen-bond acceptors (Lipinski definition) is 12. The number of aromatic hydroxyl groups is 1. The molecule has 0 bridgehead atoms. The second kappa shape index (κ2) is 10.2. The standard InChI is InChI=1S/C24H26O12/c1-31-11-6-14-19(15(7-11)35-24-23(30)22(29)21(28)18(9-25)36-24)12(26)8-13(34-14)10-4-16(32-2)20(27)17(5-10)33-3/h4-8,18,21-25,27-30H,9H2,1-3H3. The summed E-state index contributed by atoms with van der Waals surface area (Å²) in [5.41, 5.74) is -0.0957. The maximum absolute atomic E-state index is 13.2. The highest BCUT2D eigenvalue weighted by atomic mass is 16.7. The van der Waals surface area contributed by atoms with Gasteiger partial charge in [0.05, 0.1) is 27.9 Å². The van der Waals surface area contributed by atoms with Crippen LogP contribution in [-0.2, 0) is 4.74 Å². The maximum Gasteiger partial charge on any atom is 0.229 e. The topological polar surface area (TPSA) is 178 Å². The first-order chi connectivity index (χ1) is 17.2. The van der Waals surface area contributed by atoms with Gasteiger partial charge in [-0.1, -0.05) is 0 Å². The molecule has 4 rings (SSSR count). The van der Waals surface area contributed by atoms with Crippen LogP contribution < -0.4 is 24.4 Å². The molecule has 12 heteroatoms. The number of phenolic OH excluding ortho intramolecular Hbond substituents is 1. The van der Waals surface area contributed by atoms with Crippen molar-refractivity contribution in [2.24, 2.45) is 0 Å². The number of hydrogen-bond donors (Lipinski definition) is 5. The first kappa shape index (κ1) is 25.5. The zero-order valence-electron chi connectivity index (χ0n) is 19.6. The average molecular weight is 506 g/mol. The zero-order chi connectivity index (χ0) is 26.1. The molecule has 1 saturated heterocycles. The number of fused-ring (bicyclic) bond motifs is 1. The average Bonchev–Trinajstić information content (AvgIpc) is 2.88. The molecule has 12 nitrogen and oxygen atoms in total. The summed E-state index contributed by atoms with van der Waals surface area (Å²) in [7, 11) is 4.11. The number of rotatable bonds is 7. The second-order valence-corrected chi connectivity index (χ2v) is 8.02. The molecule has 1 aliphatic rings. The summed E-state index contributed by atoms with van der Waals surface area (Å²) in [5, 5.41) is 50.0. The normalized spacial score (nSPS) is 23.9. The lowest BCUT2D eigenvalue weighted by Gasteiger charge is -2.39. The monoisotopic (exact) mass is 506 g/mol. The molecule has 0 aliphatic carbocycles. The van der Waals surface area contributed by atoms with Crippen LogP contribution in [0.25, 0.3) is 22.3 Å². The Kier molecular flexibility index (Phi) is 7.24. The van der Waals surface area contributed by atoms with Crippen molar-refractivity contribution >= 4 is 11.0 Å². The number of benzene rings is 2. The minimum Gasteiger partial charge on any atom is -0.502 e. The van der Waals surface area contributed by atoms with Gasteiger partial charge in [-0.15, -0.1) is 0 Å². The molecule has 0 saturated carbocycles. The zero-order valence-corrected chi connectivity index (χ0v) is 19.6. The summed E-state index contributed by atoms with van der Waals surface area (Å²) in [5.74, 6) is 0.256. The summed E-state index contributed by atoms with van der Waals surface area (Å²) >= 11 is 0. The predicted octanol–water partition coefficient (Wildman–Crippen LogP) is 0.370. The van der Waals surface area contributed by atoms with Crippen LogP contribution in [0.2, 0.25) is 0 Å². The number of aliphatic hydroxyl groups is 4. The fourth-order valence-electron chi connectivity index (χ4n) is 3.91. The number of methoxy groups -OCH3 is 3. The fraction of sp³-hybridized carbons (Fsp3) is 0.375. The van der Waals surface area contributed by atoms with Gasteiger partial charge in [0, 0.05) is 23.8 Å². The Morgan fingerprint density at radius 3 is 2.11 bits per heavy atom. The van der Waals surface area contributed by atoms with Crippen LogP contribution in [0.4, 0.5) is 0 Å². The largest absolute Gasteiger partial charge is 0.502 e. The first-order valence-electron chi connectivity index (χ1n) is 10.8. The van der Waals surface area contributed by atoms with Crippen molar-refractivity contribution in [3.8, 4) is 40.1 Å². The summed E-state index contributed by atoms with van der Waals surface area (Å²) in [6.07, 6.45) is -7.65. The lowest BCUT2D eigenvalue weighted by Crippen LogP contribution is -2.60. The molecule has 2 aromatic carbocycles. The molecule has 194 valence electrons. The minimum absolute atomic E-state index is 0.0192. The van der Waals surface area contributed by atoms with Crippen LogP contribution in [0.3, 0.4) is 0 Å². The Morgan fingerprint density at radius 1 is 0.861 bits per heavy atom. The van der Waals surface area contributed by atoms with Crippen LogP contribution >= 0.6 is 0 Å². The molecule has 5 atom stereocenters. The van der Waals surface area contributed by atoms with Gasteiger partial charge in [0.1, 0.15) is 52.6 Å². The molecule has 1 fully saturated rings. The van der Waals surface area contributed by atoms with E-state index in [1.807, 2.05) is 0 Å². The third-order valence-electron chi connectivity index (χ3n) is 5.86. The van der Waals surface area contributed by atoms with Gasteiger partial charge in [-0.2, -0.15) is 0 Å². The molecule has 2 heterocycles. The highest BCUT2D eigenvalue weighted by molar-refractivity contribution is 5.86. The van der Waals surface area contributed by atoms with Crippen LogP contribution in [0.1, 0.15) is 0 Å². The van der Waals surface area contributed by atoms with E-state index in [2.05, 4.69) is 0 Å². The van der Waals surface area contributed by atoms with Crippen molar-refractivity contribution in [2.45, 2.75) is 30.7 Å². The van der Waals surface area contributed by atoms with Gasteiger partial charge < -0.3 is 53.6 Å². The van der Waals surface area contributed by atoms with E-state index in [-0.39, 0.29) is 45.5 Å². The van der Waals surface area contributed by atoms with Crippen LogP contribution in [-0.4, -0.2) is 84.2 Å². The first-order valence-corrected chi connectivity index (χ1v) is 10.8. The fourth-order valence-corrected chi connectivity index (χ4v) is 3.91. The smallest absolute Gasteiger partial charge is 0.229 e. The quantitative estimate of drug-likeness (QED) is 0.298. The van der Waals surface area contributed by atoms with Crippen LogP contribution in [0.15, 0.2) is 39.5 Å². The SMILES string of the molecule is COc1cc(OC2OC(CO)C(O)C(O)C2O)c2c(=O)cc(-c3cc(OC)c(O)c(OC)c3)oc2c1. The Bertz CT molecular complexity index is 1280. The van der Waals surface area contributed by atoms with E-state index >= 15 is 0 Å². The number of aliphatic hydroxyl groups excluding tert-OH is 4. The van der Waals surface area contributed by atoms with Crippen molar-refractivity contribution in [2.75, 3.05) is 27.9 Å². The van der Waals surface area contributed by atoms with Crippen molar-refractivity contribution < 1.29 is 53.6 Å². The summed E-state index contributed by atoms with van der Waals surface area (Å²) < 4.78 is 32.7. The van der Waals surface area contributed by atoms with Gasteiger partial charge in [-0.3, -0.25) is 4.79 Å². The second-order valence-electron chi connectivity index (χ2n) is 8.02. The molecule has 36 heavy (non-hydrogen) atoms. The van der Waals surface area contributed by atoms with Gasteiger partial charge in [0.15, 0.2) is 16.9 Å². The molecular formula is C24H26O12. The molecule has 5 N–H and O–H groups in total. The van der Waals surface area contributed by atoms with E-state index < -0.39 is 42.7 Å². The Morgan fingerprint density at radius 2 is 1.53 bits per heavy atom. The van der Waals surface area contributed by atoms with Gasteiger partial charge in [-0.05, 0) is 12.1 Å². The molecule has 1 aromatic heterocycles. The van der Waals surface area contributed by atoms with Gasteiger partial charge in [0.2, 0.25) is 12.0 Å². The highest BCUT2D eigenvalue weighted by Crippen LogP contribution is 2.41. The van der Waals surface area contributed by atoms with E-state index in [4.69, 9.17) is 28.1 Å². The number of phenols is 1. The van der Waals surface area contributed by atoms with Gasteiger partial charge in [0.25, 0.3) is 0 Å². The molecule has 1 aliphatic heterocycles. The molecular weight excluding hydrogens is 480 g/mol. The molecule has 0 spiro atoms. The number of ether oxygens (including phenoxy) is 5. The van der Waals surface area contributed by atoms with Crippen molar-refractivity contribution in [1.29, 1.82) is 0 Å². The summed E-state index contributed by atoms with van der Waals surface area (Å²) in [6, 6.07) is 6.95. The molecule has 3 aromatic rings. The van der Waals surface area contributed by atoms with Gasteiger partial charge >= 0.3 is 0 Å². The lowest BCUT2D eigenvalue weighted by atomic mass is 9.99. The minimum atomic E-state index is -1.69. The Hall–Kier alpha value is -3.55. The van der Waals surface area contributed by atoms with Crippen LogP contribution in [0.5, 0.6) is 28.7 Å². The highest BCUT2D eigenvalue weighted by Gasteiger charge is 2.45. The van der Waals surface area contributed by atoms with Crippen molar-refractivity contribution in [1.82, 2.24) is 0 Å². The molecule has 0 amide bonds. The van der Waals surface area contributed by atoms with Crippen molar-refractivity contribution in [3.05, 3.63) is 40.6 Å². The molecule has 0 radical (unpaired) electrons. The summed E-state index contributed by atoms with van der Waals surface area (Å²) in [6.45, 7) is -0.644. The Balaban J connectivity index is 1.81. The van der Waals surface area contributed by atoms with Crippen molar-refractivity contribution in [3.63, 3.8) is 0 Å². The van der Waals surface area contributed by atoms with Gasteiger partial charge in [-0.25, -0.2) is 0 Å². The van der Waals surface area contributed by atoms with E-state index in [9.17, 15) is 30.3 Å². The third kappa shape index (κ3) is 4.52. The third-order valence-corrected chi connectivity index (χ3v) is 5.86. The maximum atomic E-state index is 13.2. The van der Waals surface area contributed by atoms with Crippen LogP contribution in [0, 0.1) is 0 Å². The summed E-state index contributed by atoms with van der Waals surface area (Å²) in [4.78, 5) is 13.2. The molecule has 5 unspecified atom stereocenters. The van der Waals surface area contributed by atoms with E-state index in [1.54, 1.807) is 0 Å². The predicted molar refractivity (Wildman–Crippen MR) is 124 cm³/mol. The lowest BCUT2D eigenvalue weighted by molar-refractivity contribution is -0.277. The van der Waals surface area contributed by atoms with E-state index in [0.717, 1.165) is 0 Å². The Labute approximate surface area is 204 Å².